The number of aromatic nitrogens is 4. The fourth-order valence-electron chi connectivity index (χ4n) is 2.69. The molecule has 2 aromatic carbocycles. The average molecular weight is 430 g/mol. The zero-order chi connectivity index (χ0) is 20.4. The van der Waals surface area contributed by atoms with Gasteiger partial charge in [0.25, 0.3) is 0 Å². The van der Waals surface area contributed by atoms with E-state index in [1.54, 1.807) is 13.2 Å². The summed E-state index contributed by atoms with van der Waals surface area (Å²) in [6, 6.07) is 11.9. The summed E-state index contributed by atoms with van der Waals surface area (Å²) in [6.07, 6.45) is 0. The van der Waals surface area contributed by atoms with E-state index >= 15 is 0 Å². The standard InChI is InChI=1S/C19H16FN5O2S2/c1-25-17(11-4-3-5-13(8-11)27-2)23-24-19(25)28-10-16(26)22-18-21-14-7-6-12(20)9-15(14)29-18/h3-9H,10H2,1-2H3,(H,21,22,26). The molecule has 0 bridgehead atoms. The smallest absolute Gasteiger partial charge is 0.236 e. The molecule has 148 valence electrons. The Morgan fingerprint density at radius 3 is 2.97 bits per heavy atom. The number of amides is 1. The summed E-state index contributed by atoms with van der Waals surface area (Å²) in [4.78, 5) is 16.6. The van der Waals surface area contributed by atoms with Crippen LogP contribution in [0.4, 0.5) is 9.52 Å². The third-order valence-corrected chi connectivity index (χ3v) is 6.05. The Labute approximate surface area is 173 Å². The number of anilines is 1. The molecule has 0 saturated heterocycles. The Kier molecular flexibility index (Phi) is 5.45. The molecule has 4 rings (SSSR count). The van der Waals surface area contributed by atoms with Crippen LogP contribution in [0.1, 0.15) is 0 Å². The van der Waals surface area contributed by atoms with Crippen LogP contribution in [0.15, 0.2) is 47.6 Å². The van der Waals surface area contributed by atoms with E-state index in [0.29, 0.717) is 26.3 Å². The molecule has 1 amide bonds. The maximum absolute atomic E-state index is 13.3. The highest BCUT2D eigenvalue weighted by Crippen LogP contribution is 2.28. The van der Waals surface area contributed by atoms with Crippen LogP contribution < -0.4 is 10.1 Å². The number of fused-ring (bicyclic) bond motifs is 1. The maximum Gasteiger partial charge on any atom is 0.236 e. The Balaban J connectivity index is 1.42. The lowest BCUT2D eigenvalue weighted by molar-refractivity contribution is -0.113. The van der Waals surface area contributed by atoms with Crippen molar-refractivity contribution in [2.45, 2.75) is 5.16 Å². The van der Waals surface area contributed by atoms with Crippen molar-refractivity contribution in [1.82, 2.24) is 19.7 Å². The minimum atomic E-state index is -0.330. The number of thioether (sulfide) groups is 1. The lowest BCUT2D eigenvalue weighted by Gasteiger charge is -2.05. The maximum atomic E-state index is 13.3. The number of ether oxygens (including phenoxy) is 1. The summed E-state index contributed by atoms with van der Waals surface area (Å²) in [6.45, 7) is 0. The highest BCUT2D eigenvalue weighted by atomic mass is 32.2. The molecule has 2 aromatic heterocycles. The lowest BCUT2D eigenvalue weighted by atomic mass is 10.2. The summed E-state index contributed by atoms with van der Waals surface area (Å²) in [7, 11) is 3.45. The molecule has 29 heavy (non-hydrogen) atoms. The van der Waals surface area contributed by atoms with E-state index < -0.39 is 0 Å². The molecule has 4 aromatic rings. The number of thiazole rings is 1. The van der Waals surface area contributed by atoms with Crippen LogP contribution in [-0.2, 0) is 11.8 Å². The first-order valence-electron chi connectivity index (χ1n) is 8.56. The molecule has 0 spiro atoms. The van der Waals surface area contributed by atoms with E-state index in [2.05, 4.69) is 20.5 Å². The zero-order valence-electron chi connectivity index (χ0n) is 15.5. The van der Waals surface area contributed by atoms with E-state index in [1.807, 2.05) is 35.9 Å². The van der Waals surface area contributed by atoms with Crippen LogP contribution in [0.25, 0.3) is 21.6 Å². The van der Waals surface area contributed by atoms with E-state index in [9.17, 15) is 9.18 Å². The van der Waals surface area contributed by atoms with Gasteiger partial charge < -0.3 is 14.6 Å². The van der Waals surface area contributed by atoms with Gasteiger partial charge >= 0.3 is 0 Å². The third-order valence-electron chi connectivity index (χ3n) is 4.09. The predicted molar refractivity (Wildman–Crippen MR) is 112 cm³/mol. The second kappa shape index (κ2) is 8.18. The SMILES string of the molecule is COc1cccc(-c2nnc(SCC(=O)Nc3nc4ccc(F)cc4s3)n2C)c1. The van der Waals surface area contributed by atoms with E-state index in [1.165, 1.54) is 35.2 Å². The molecule has 0 saturated carbocycles. The molecule has 0 unspecified atom stereocenters. The van der Waals surface area contributed by atoms with Gasteiger partial charge in [-0.3, -0.25) is 4.79 Å². The molecule has 2 heterocycles. The summed E-state index contributed by atoms with van der Waals surface area (Å²) in [5, 5.41) is 12.2. The van der Waals surface area contributed by atoms with E-state index in [0.717, 1.165) is 11.3 Å². The van der Waals surface area contributed by atoms with Gasteiger partial charge in [-0.25, -0.2) is 9.37 Å². The molecule has 0 fully saturated rings. The summed E-state index contributed by atoms with van der Waals surface area (Å²) in [5.41, 5.74) is 1.52. The molecule has 0 aliphatic carbocycles. The fraction of sp³-hybridized carbons (Fsp3) is 0.158. The van der Waals surface area contributed by atoms with E-state index in [-0.39, 0.29) is 17.5 Å². The number of halogens is 1. The zero-order valence-corrected chi connectivity index (χ0v) is 17.2. The van der Waals surface area contributed by atoms with Crippen LogP contribution >= 0.6 is 23.1 Å². The van der Waals surface area contributed by atoms with Gasteiger partial charge in [-0.05, 0) is 30.3 Å². The van der Waals surface area contributed by atoms with Crippen molar-refractivity contribution in [2.75, 3.05) is 18.2 Å². The van der Waals surface area contributed by atoms with Crippen LogP contribution in [0.2, 0.25) is 0 Å². The summed E-state index contributed by atoms with van der Waals surface area (Å²) < 4.78 is 21.0. The van der Waals surface area contributed by atoms with Gasteiger partial charge in [0.15, 0.2) is 16.1 Å². The number of carbonyl (C=O) groups excluding carboxylic acids is 1. The Bertz CT molecular complexity index is 1190. The first-order valence-corrected chi connectivity index (χ1v) is 10.4. The van der Waals surface area contributed by atoms with Crippen LogP contribution in [-0.4, -0.2) is 38.5 Å². The number of nitrogens with one attached hydrogen (secondary N) is 1. The van der Waals surface area contributed by atoms with Crippen LogP contribution in [0, 0.1) is 5.82 Å². The Morgan fingerprint density at radius 2 is 2.14 bits per heavy atom. The van der Waals surface area contributed by atoms with Gasteiger partial charge in [-0.2, -0.15) is 0 Å². The monoisotopic (exact) mass is 429 g/mol. The molecular formula is C19H16FN5O2S2. The summed E-state index contributed by atoms with van der Waals surface area (Å²) >= 11 is 2.50. The van der Waals surface area contributed by atoms with Crippen LogP contribution in [0.3, 0.4) is 0 Å². The molecule has 0 aliphatic rings. The van der Waals surface area contributed by atoms with Gasteiger partial charge in [-0.1, -0.05) is 35.2 Å². The van der Waals surface area contributed by atoms with Gasteiger partial charge in [0.1, 0.15) is 11.6 Å². The number of methoxy groups -OCH3 is 1. The number of rotatable bonds is 6. The molecular weight excluding hydrogens is 413 g/mol. The summed E-state index contributed by atoms with van der Waals surface area (Å²) in [5.74, 6) is 1.01. The minimum absolute atomic E-state index is 0.147. The van der Waals surface area contributed by atoms with Gasteiger partial charge in [0.05, 0.1) is 23.1 Å². The number of benzene rings is 2. The second-order valence-electron chi connectivity index (χ2n) is 6.07. The van der Waals surface area contributed by atoms with Crippen molar-refractivity contribution in [3.8, 4) is 17.1 Å². The number of carbonyl (C=O) groups is 1. The molecule has 0 aliphatic heterocycles. The highest BCUT2D eigenvalue weighted by molar-refractivity contribution is 7.99. The normalized spacial score (nSPS) is 11.0. The average Bonchev–Trinajstić information content (AvgIpc) is 3.28. The molecule has 0 radical (unpaired) electrons. The van der Waals surface area contributed by atoms with Crippen molar-refractivity contribution in [3.05, 3.63) is 48.3 Å². The van der Waals surface area contributed by atoms with Crippen molar-refractivity contribution in [2.24, 2.45) is 7.05 Å². The molecule has 7 nitrogen and oxygen atoms in total. The van der Waals surface area contributed by atoms with Gasteiger partial charge in [0, 0.05) is 12.6 Å². The van der Waals surface area contributed by atoms with Gasteiger partial charge in [0.2, 0.25) is 5.91 Å². The number of nitrogens with zero attached hydrogens (tertiary/aromatic N) is 4. The van der Waals surface area contributed by atoms with E-state index in [4.69, 9.17) is 4.74 Å². The first kappa shape index (κ1) is 19.3. The largest absolute Gasteiger partial charge is 0.497 e. The second-order valence-corrected chi connectivity index (χ2v) is 8.04. The van der Waals surface area contributed by atoms with Crippen LogP contribution in [0.5, 0.6) is 5.75 Å². The molecule has 1 N–H and O–H groups in total. The minimum Gasteiger partial charge on any atom is -0.497 e. The fourth-order valence-corrected chi connectivity index (χ4v) is 4.31. The first-order chi connectivity index (χ1) is 14.0. The third kappa shape index (κ3) is 4.22. The van der Waals surface area contributed by atoms with Crippen molar-refractivity contribution in [1.29, 1.82) is 0 Å². The number of hydrogen-bond acceptors (Lipinski definition) is 7. The Morgan fingerprint density at radius 1 is 1.28 bits per heavy atom. The molecule has 10 heteroatoms. The lowest BCUT2D eigenvalue weighted by Crippen LogP contribution is -2.14. The highest BCUT2D eigenvalue weighted by Gasteiger charge is 2.14. The quantitative estimate of drug-likeness (QED) is 0.467. The van der Waals surface area contributed by atoms with Crippen molar-refractivity contribution < 1.29 is 13.9 Å². The van der Waals surface area contributed by atoms with Crippen molar-refractivity contribution >= 4 is 44.4 Å². The van der Waals surface area contributed by atoms with Crippen molar-refractivity contribution in [3.63, 3.8) is 0 Å². The number of hydrogen-bond donors (Lipinski definition) is 1. The Hall–Kier alpha value is -2.98. The topological polar surface area (TPSA) is 81.9 Å². The molecule has 0 atom stereocenters. The predicted octanol–water partition coefficient (Wildman–Crippen LogP) is 3.97. The van der Waals surface area contributed by atoms with Gasteiger partial charge in [-0.15, -0.1) is 10.2 Å².